The third-order valence-corrected chi connectivity index (χ3v) is 3.10. The molecule has 0 aromatic heterocycles. The smallest absolute Gasteiger partial charge is 0.320 e. The number of carboxylic acids is 1. The van der Waals surface area contributed by atoms with Crippen LogP contribution in [0.4, 0.5) is 0 Å². The van der Waals surface area contributed by atoms with Gasteiger partial charge in [-0.2, -0.15) is 0 Å². The third-order valence-electron chi connectivity index (χ3n) is 3.10. The van der Waals surface area contributed by atoms with Crippen molar-refractivity contribution in [1.29, 1.82) is 0 Å². The van der Waals surface area contributed by atoms with Crippen LogP contribution < -0.4 is 5.32 Å². The SMILES string of the molecule is CCCCCCCCCCCN[C@H](C)C(=O)O. The number of hydrogen-bond acceptors (Lipinski definition) is 2. The lowest BCUT2D eigenvalue weighted by molar-refractivity contribution is -0.138. The van der Waals surface area contributed by atoms with Crippen molar-refractivity contribution in [3.8, 4) is 0 Å². The topological polar surface area (TPSA) is 49.3 Å². The first-order valence-electron chi connectivity index (χ1n) is 7.14. The van der Waals surface area contributed by atoms with Crippen LogP contribution >= 0.6 is 0 Å². The fraction of sp³-hybridized carbons (Fsp3) is 0.929. The zero-order chi connectivity index (χ0) is 12.9. The van der Waals surface area contributed by atoms with E-state index in [4.69, 9.17) is 5.11 Å². The van der Waals surface area contributed by atoms with Gasteiger partial charge in [-0.25, -0.2) is 0 Å². The number of carboxylic acid groups (broad SMARTS) is 1. The molecule has 0 aliphatic heterocycles. The maximum Gasteiger partial charge on any atom is 0.320 e. The van der Waals surface area contributed by atoms with Gasteiger partial charge in [0.05, 0.1) is 0 Å². The number of nitrogens with one attached hydrogen (secondary N) is 1. The van der Waals surface area contributed by atoms with Crippen LogP contribution in [0, 0.1) is 0 Å². The highest BCUT2D eigenvalue weighted by Crippen LogP contribution is 2.09. The molecule has 0 heterocycles. The molecule has 1 atom stereocenters. The summed E-state index contributed by atoms with van der Waals surface area (Å²) in [5.41, 5.74) is 0. The quantitative estimate of drug-likeness (QED) is 0.515. The largest absolute Gasteiger partial charge is 0.480 e. The van der Waals surface area contributed by atoms with Gasteiger partial charge in [-0.05, 0) is 19.9 Å². The molecule has 102 valence electrons. The Balaban J connectivity index is 3.06. The van der Waals surface area contributed by atoms with E-state index in [0.29, 0.717) is 0 Å². The minimum Gasteiger partial charge on any atom is -0.480 e. The molecule has 0 aliphatic carbocycles. The first kappa shape index (κ1) is 16.4. The number of rotatable bonds is 12. The van der Waals surface area contributed by atoms with Crippen molar-refractivity contribution >= 4 is 5.97 Å². The molecule has 0 rings (SSSR count). The van der Waals surface area contributed by atoms with Crippen molar-refractivity contribution in [3.63, 3.8) is 0 Å². The molecule has 0 amide bonds. The van der Waals surface area contributed by atoms with Crippen LogP contribution in [0.2, 0.25) is 0 Å². The normalized spacial score (nSPS) is 12.6. The molecule has 0 bridgehead atoms. The molecule has 0 fully saturated rings. The molecular weight excluding hydrogens is 214 g/mol. The van der Waals surface area contributed by atoms with E-state index in [1.54, 1.807) is 6.92 Å². The number of hydrogen-bond donors (Lipinski definition) is 2. The first-order chi connectivity index (χ1) is 8.18. The van der Waals surface area contributed by atoms with Gasteiger partial charge in [0.1, 0.15) is 6.04 Å². The molecular formula is C14H29NO2. The summed E-state index contributed by atoms with van der Waals surface area (Å²) in [6.45, 7) is 4.75. The second-order valence-electron chi connectivity index (χ2n) is 4.84. The van der Waals surface area contributed by atoms with E-state index in [9.17, 15) is 4.79 Å². The van der Waals surface area contributed by atoms with Crippen molar-refractivity contribution in [2.24, 2.45) is 0 Å². The Kier molecular flexibility index (Phi) is 11.5. The Morgan fingerprint density at radius 2 is 1.47 bits per heavy atom. The maximum absolute atomic E-state index is 10.5. The van der Waals surface area contributed by atoms with Crippen molar-refractivity contribution < 1.29 is 9.90 Å². The molecule has 3 nitrogen and oxygen atoms in total. The van der Waals surface area contributed by atoms with E-state index >= 15 is 0 Å². The number of aliphatic carboxylic acids is 1. The summed E-state index contributed by atoms with van der Waals surface area (Å²) in [5, 5.41) is 11.7. The van der Waals surface area contributed by atoms with Gasteiger partial charge >= 0.3 is 5.97 Å². The Morgan fingerprint density at radius 3 is 1.94 bits per heavy atom. The molecule has 2 N–H and O–H groups in total. The maximum atomic E-state index is 10.5. The Labute approximate surface area is 106 Å². The summed E-state index contributed by atoms with van der Waals surface area (Å²) in [4.78, 5) is 10.5. The summed E-state index contributed by atoms with van der Waals surface area (Å²) >= 11 is 0. The van der Waals surface area contributed by atoms with Crippen molar-refractivity contribution in [3.05, 3.63) is 0 Å². The Morgan fingerprint density at radius 1 is 1.00 bits per heavy atom. The monoisotopic (exact) mass is 243 g/mol. The average molecular weight is 243 g/mol. The van der Waals surface area contributed by atoms with Crippen molar-refractivity contribution in [1.82, 2.24) is 5.32 Å². The van der Waals surface area contributed by atoms with Gasteiger partial charge in [0, 0.05) is 0 Å². The fourth-order valence-corrected chi connectivity index (χ4v) is 1.84. The lowest BCUT2D eigenvalue weighted by Crippen LogP contribution is -2.34. The molecule has 0 aromatic carbocycles. The Bertz CT molecular complexity index is 183. The van der Waals surface area contributed by atoms with Crippen LogP contribution in [0.3, 0.4) is 0 Å². The van der Waals surface area contributed by atoms with Gasteiger partial charge in [-0.3, -0.25) is 4.79 Å². The van der Waals surface area contributed by atoms with E-state index in [1.807, 2.05) is 0 Å². The number of carbonyl (C=O) groups is 1. The highest BCUT2D eigenvalue weighted by Gasteiger charge is 2.07. The summed E-state index contributed by atoms with van der Waals surface area (Å²) in [5.74, 6) is -0.763. The summed E-state index contributed by atoms with van der Waals surface area (Å²) < 4.78 is 0. The highest BCUT2D eigenvalue weighted by atomic mass is 16.4. The lowest BCUT2D eigenvalue weighted by Gasteiger charge is -2.08. The second kappa shape index (κ2) is 11.9. The standard InChI is InChI=1S/C14H29NO2/c1-3-4-5-6-7-8-9-10-11-12-15-13(2)14(16)17/h13,15H,3-12H2,1-2H3,(H,16,17)/t13-/m1/s1. The van der Waals surface area contributed by atoms with Gasteiger partial charge in [-0.15, -0.1) is 0 Å². The fourth-order valence-electron chi connectivity index (χ4n) is 1.84. The predicted molar refractivity (Wildman–Crippen MR) is 72.3 cm³/mol. The minimum absolute atomic E-state index is 0.413. The van der Waals surface area contributed by atoms with Crippen LogP contribution in [0.25, 0.3) is 0 Å². The molecule has 0 spiro atoms. The molecule has 0 aliphatic rings. The van der Waals surface area contributed by atoms with Crippen LogP contribution in [0.15, 0.2) is 0 Å². The van der Waals surface area contributed by atoms with Crippen LogP contribution in [0.1, 0.15) is 71.6 Å². The van der Waals surface area contributed by atoms with E-state index in [-0.39, 0.29) is 0 Å². The van der Waals surface area contributed by atoms with Gasteiger partial charge in [0.2, 0.25) is 0 Å². The van der Waals surface area contributed by atoms with Crippen LogP contribution in [-0.2, 0) is 4.79 Å². The van der Waals surface area contributed by atoms with Crippen molar-refractivity contribution in [2.45, 2.75) is 77.7 Å². The first-order valence-corrected chi connectivity index (χ1v) is 7.14. The molecule has 0 radical (unpaired) electrons. The summed E-state index contributed by atoms with van der Waals surface area (Å²) in [7, 11) is 0. The van der Waals surface area contributed by atoms with Gasteiger partial charge in [0.25, 0.3) is 0 Å². The minimum atomic E-state index is -0.763. The van der Waals surface area contributed by atoms with Crippen LogP contribution in [-0.4, -0.2) is 23.7 Å². The van der Waals surface area contributed by atoms with Crippen LogP contribution in [0.5, 0.6) is 0 Å². The average Bonchev–Trinajstić information content (AvgIpc) is 2.31. The van der Waals surface area contributed by atoms with Crippen molar-refractivity contribution in [2.75, 3.05) is 6.54 Å². The highest BCUT2D eigenvalue weighted by molar-refractivity contribution is 5.72. The molecule has 0 aromatic rings. The third kappa shape index (κ3) is 11.7. The van der Waals surface area contributed by atoms with E-state index in [1.165, 1.54) is 51.4 Å². The zero-order valence-electron chi connectivity index (χ0n) is 11.5. The van der Waals surface area contributed by atoms with E-state index in [0.717, 1.165) is 13.0 Å². The lowest BCUT2D eigenvalue weighted by atomic mass is 10.1. The molecule has 0 saturated carbocycles. The summed E-state index contributed by atoms with van der Waals surface area (Å²) in [6, 6.07) is -0.413. The zero-order valence-corrected chi connectivity index (χ0v) is 11.5. The van der Waals surface area contributed by atoms with E-state index < -0.39 is 12.0 Å². The molecule has 0 saturated heterocycles. The van der Waals surface area contributed by atoms with Gasteiger partial charge < -0.3 is 10.4 Å². The number of unbranched alkanes of at least 4 members (excludes halogenated alkanes) is 8. The summed E-state index contributed by atoms with van der Waals surface area (Å²) in [6.07, 6.45) is 11.7. The second-order valence-corrected chi connectivity index (χ2v) is 4.84. The van der Waals surface area contributed by atoms with E-state index in [2.05, 4.69) is 12.2 Å². The van der Waals surface area contributed by atoms with Gasteiger partial charge in [0.15, 0.2) is 0 Å². The molecule has 0 unspecified atom stereocenters. The predicted octanol–water partition coefficient (Wildman–Crippen LogP) is 3.58. The van der Waals surface area contributed by atoms with Gasteiger partial charge in [-0.1, -0.05) is 58.3 Å². The Hall–Kier alpha value is -0.570. The molecule has 3 heteroatoms. The molecule has 17 heavy (non-hydrogen) atoms.